The molecule has 8 bridgehead atoms. The van der Waals surface area contributed by atoms with Crippen LogP contribution in [0.25, 0.3) is 0 Å². The summed E-state index contributed by atoms with van der Waals surface area (Å²) in [4.78, 5) is 23.3. The van der Waals surface area contributed by atoms with Crippen LogP contribution in [0, 0.1) is 23.7 Å². The van der Waals surface area contributed by atoms with Gasteiger partial charge in [0.05, 0.1) is 12.2 Å². The fraction of sp³-hybridized carbons (Fsp3) is 0.824. The molecule has 5 aliphatic heterocycles. The Hall–Kier alpha value is -1.82. The van der Waals surface area contributed by atoms with Gasteiger partial charge in [-0.1, -0.05) is 25.0 Å². The van der Waals surface area contributed by atoms with Gasteiger partial charge in [0.2, 0.25) is 0 Å². The first kappa shape index (κ1) is 33.5. The first-order valence-electron chi connectivity index (χ1n) is 17.0. The van der Waals surface area contributed by atoms with Gasteiger partial charge in [0.1, 0.15) is 0 Å². The van der Waals surface area contributed by atoms with Gasteiger partial charge < -0.3 is 41.7 Å². The Balaban J connectivity index is 1.52. The molecule has 0 radical (unpaired) electrons. The smallest absolute Gasteiger partial charge is 0.303 e. The number of carboxylic acid groups (broad SMARTS) is 2. The Morgan fingerprint density at radius 1 is 0.636 bits per heavy atom. The topological polar surface area (TPSA) is 163 Å². The molecule has 10 heteroatoms. The lowest BCUT2D eigenvalue weighted by atomic mass is 9.78. The van der Waals surface area contributed by atoms with Gasteiger partial charge in [-0.05, 0) is 101 Å². The van der Waals surface area contributed by atoms with Gasteiger partial charge in [-0.2, -0.15) is 0 Å². The molecule has 5 heterocycles. The summed E-state index contributed by atoms with van der Waals surface area (Å²) in [5.74, 6) is -0.624. The number of hydrogen-bond acceptors (Lipinski definition) is 8. The van der Waals surface area contributed by atoms with Gasteiger partial charge in [-0.15, -0.1) is 0 Å². The Morgan fingerprint density at radius 3 is 1.43 bits per heavy atom. The summed E-state index contributed by atoms with van der Waals surface area (Å²) in [7, 11) is 0. The van der Waals surface area contributed by atoms with Crippen molar-refractivity contribution in [2.45, 2.75) is 153 Å². The molecule has 3 saturated heterocycles. The molecule has 14 atom stereocenters. The van der Waals surface area contributed by atoms with E-state index in [4.69, 9.17) is 0 Å². The maximum atomic E-state index is 11.7. The lowest BCUT2D eigenvalue weighted by Crippen LogP contribution is -2.46. The molecule has 0 saturated carbocycles. The van der Waals surface area contributed by atoms with E-state index in [1.165, 1.54) is 11.1 Å². The largest absolute Gasteiger partial charge is 0.481 e. The number of aliphatic hydroxyl groups is 2. The molecular formula is C34H56N4O6. The molecule has 0 aromatic carbocycles. The van der Waals surface area contributed by atoms with Gasteiger partial charge in [0.15, 0.2) is 0 Å². The van der Waals surface area contributed by atoms with Crippen molar-refractivity contribution in [2.24, 2.45) is 23.7 Å². The molecule has 3 fully saturated rings. The summed E-state index contributed by atoms with van der Waals surface area (Å²) in [6.07, 6.45) is 3.60. The summed E-state index contributed by atoms with van der Waals surface area (Å²) in [5, 5.41) is 56.6. The molecule has 14 unspecified atom stereocenters. The van der Waals surface area contributed by atoms with Crippen LogP contribution in [0.15, 0.2) is 22.3 Å². The molecule has 10 nitrogen and oxygen atoms in total. The minimum atomic E-state index is -0.775. The third kappa shape index (κ3) is 6.67. The minimum Gasteiger partial charge on any atom is -0.481 e. The molecule has 5 rings (SSSR count). The maximum absolute atomic E-state index is 11.7. The second kappa shape index (κ2) is 13.5. The quantitative estimate of drug-likeness (QED) is 0.190. The zero-order chi connectivity index (χ0) is 32.0. The Bertz CT molecular complexity index is 1150. The molecule has 0 spiro atoms. The zero-order valence-corrected chi connectivity index (χ0v) is 27.3. The van der Waals surface area contributed by atoms with E-state index in [0.29, 0.717) is 12.8 Å². The van der Waals surface area contributed by atoms with Crippen molar-refractivity contribution in [3.8, 4) is 0 Å². The fourth-order valence-corrected chi connectivity index (χ4v) is 10.00. The fourth-order valence-electron chi connectivity index (χ4n) is 10.00. The van der Waals surface area contributed by atoms with E-state index in [0.717, 1.165) is 36.8 Å². The van der Waals surface area contributed by atoms with Gasteiger partial charge in [-0.3, -0.25) is 9.59 Å². The molecule has 5 aliphatic rings. The standard InChI is InChI=1S/C34H56N4O6/c1-15-21(7-9-31(41)42)27-14-28-22(8-10-32(43)44)16(2)24(36-28)12-29-34(20(6)40)18(4)26(38-29)13-30-33(19(5)39)17(3)25(37-30)11-23(15)35-27/h15-16,19-30,35-40H,7-14H2,1-6H3,(H,41,42)(H,43,44). The SMILES string of the molecule is CC1=C(C(C)O)C2CC3NC(CC4NC(CC5NC(CC1N2)C(C)C5CCC(=O)O)C(CCC(=O)O)C4C)C(C(C)O)=C3C. The van der Waals surface area contributed by atoms with Gasteiger partial charge in [0, 0.05) is 61.2 Å². The van der Waals surface area contributed by atoms with Crippen molar-refractivity contribution in [3.63, 3.8) is 0 Å². The van der Waals surface area contributed by atoms with E-state index in [-0.39, 0.29) is 84.8 Å². The molecule has 0 aliphatic carbocycles. The van der Waals surface area contributed by atoms with Crippen LogP contribution in [0.4, 0.5) is 0 Å². The van der Waals surface area contributed by atoms with Crippen molar-refractivity contribution in [1.82, 2.24) is 21.3 Å². The predicted octanol–water partition coefficient (Wildman–Crippen LogP) is 2.55. The van der Waals surface area contributed by atoms with E-state index in [9.17, 15) is 30.0 Å². The van der Waals surface area contributed by atoms with Crippen molar-refractivity contribution in [2.75, 3.05) is 0 Å². The number of carboxylic acids is 2. The van der Waals surface area contributed by atoms with E-state index >= 15 is 0 Å². The van der Waals surface area contributed by atoms with Crippen molar-refractivity contribution < 1.29 is 30.0 Å². The number of aliphatic hydroxyl groups excluding tert-OH is 2. The monoisotopic (exact) mass is 616 g/mol. The van der Waals surface area contributed by atoms with E-state index in [1.54, 1.807) is 0 Å². The second-order valence-electron chi connectivity index (χ2n) is 14.8. The highest BCUT2D eigenvalue weighted by molar-refractivity contribution is 5.67. The Morgan fingerprint density at radius 2 is 1.02 bits per heavy atom. The zero-order valence-electron chi connectivity index (χ0n) is 27.3. The van der Waals surface area contributed by atoms with Crippen molar-refractivity contribution in [3.05, 3.63) is 22.3 Å². The summed E-state index contributed by atoms with van der Waals surface area (Å²) < 4.78 is 0. The lowest BCUT2D eigenvalue weighted by molar-refractivity contribution is -0.138. The first-order valence-corrected chi connectivity index (χ1v) is 17.0. The highest BCUT2D eigenvalue weighted by atomic mass is 16.4. The van der Waals surface area contributed by atoms with E-state index in [2.05, 4.69) is 49.0 Å². The molecule has 0 aromatic heterocycles. The van der Waals surface area contributed by atoms with E-state index < -0.39 is 24.1 Å². The average molecular weight is 617 g/mol. The number of fused-ring (bicyclic) bond motifs is 8. The van der Waals surface area contributed by atoms with Crippen LogP contribution >= 0.6 is 0 Å². The van der Waals surface area contributed by atoms with Gasteiger partial charge in [-0.25, -0.2) is 0 Å². The van der Waals surface area contributed by atoms with Crippen LogP contribution < -0.4 is 21.3 Å². The van der Waals surface area contributed by atoms with E-state index in [1.807, 2.05) is 13.8 Å². The van der Waals surface area contributed by atoms with Crippen molar-refractivity contribution in [1.29, 1.82) is 0 Å². The number of rotatable bonds is 8. The summed E-state index contributed by atoms with van der Waals surface area (Å²) in [5.41, 5.74) is 4.50. The summed E-state index contributed by atoms with van der Waals surface area (Å²) >= 11 is 0. The predicted molar refractivity (Wildman–Crippen MR) is 169 cm³/mol. The van der Waals surface area contributed by atoms with Crippen molar-refractivity contribution >= 4 is 11.9 Å². The summed E-state index contributed by atoms with van der Waals surface area (Å²) in [6, 6.07) is 0.774. The lowest BCUT2D eigenvalue weighted by Gasteiger charge is -2.28. The average Bonchev–Trinajstić information content (AvgIpc) is 3.59. The maximum Gasteiger partial charge on any atom is 0.303 e. The number of aliphatic carboxylic acids is 2. The number of nitrogens with one attached hydrogen (secondary N) is 4. The van der Waals surface area contributed by atoms with Crippen LogP contribution in [0.1, 0.15) is 92.9 Å². The third-order valence-corrected chi connectivity index (χ3v) is 12.3. The number of carbonyl (C=O) groups is 2. The third-order valence-electron chi connectivity index (χ3n) is 12.3. The van der Waals surface area contributed by atoms with Crippen LogP contribution in [0.3, 0.4) is 0 Å². The highest BCUT2D eigenvalue weighted by Gasteiger charge is 2.49. The molecule has 0 aromatic rings. The summed E-state index contributed by atoms with van der Waals surface area (Å²) in [6.45, 7) is 12.5. The minimum absolute atomic E-state index is 0.00123. The molecule has 248 valence electrons. The highest BCUT2D eigenvalue weighted by Crippen LogP contribution is 2.43. The first-order chi connectivity index (χ1) is 20.8. The van der Waals surface area contributed by atoms with Gasteiger partial charge in [0.25, 0.3) is 0 Å². The molecule has 8 N–H and O–H groups in total. The Kier molecular flexibility index (Phi) is 10.3. The van der Waals surface area contributed by atoms with Crippen LogP contribution in [-0.2, 0) is 9.59 Å². The molecule has 44 heavy (non-hydrogen) atoms. The normalized spacial score (nSPS) is 42.2. The van der Waals surface area contributed by atoms with Crippen LogP contribution in [-0.4, -0.2) is 92.9 Å². The van der Waals surface area contributed by atoms with Crippen LogP contribution in [0.2, 0.25) is 0 Å². The van der Waals surface area contributed by atoms with Crippen LogP contribution in [0.5, 0.6) is 0 Å². The second-order valence-corrected chi connectivity index (χ2v) is 14.8. The number of hydrogen-bond donors (Lipinski definition) is 8. The Labute approximate surface area is 262 Å². The molecular weight excluding hydrogens is 560 g/mol. The molecule has 0 amide bonds. The van der Waals surface area contributed by atoms with Gasteiger partial charge >= 0.3 is 11.9 Å².